The van der Waals surface area contributed by atoms with Crippen LogP contribution in [0.3, 0.4) is 0 Å². The summed E-state index contributed by atoms with van der Waals surface area (Å²) in [7, 11) is 0. The molecule has 3 aliphatic heterocycles. The normalized spacial score (nSPS) is 31.9. The third-order valence-corrected chi connectivity index (χ3v) is 10.1. The predicted molar refractivity (Wildman–Crippen MR) is 144 cm³/mol. The summed E-state index contributed by atoms with van der Waals surface area (Å²) in [6, 6.07) is -1.38. The van der Waals surface area contributed by atoms with E-state index < -0.39 is 53.9 Å². The van der Waals surface area contributed by atoms with Crippen LogP contribution in [-0.4, -0.2) is 82.8 Å². The van der Waals surface area contributed by atoms with Gasteiger partial charge in [-0.05, 0) is 54.8 Å². The number of hydrogen-bond acceptors (Lipinski definition) is 5. The highest BCUT2D eigenvalue weighted by atomic mass is 19.3. The second-order valence-electron chi connectivity index (χ2n) is 14.6. The van der Waals surface area contributed by atoms with Crippen molar-refractivity contribution in [1.29, 1.82) is 5.26 Å². The number of amides is 5. The molecule has 3 heterocycles. The molecule has 5 fully saturated rings. The second-order valence-corrected chi connectivity index (χ2v) is 14.6. The van der Waals surface area contributed by atoms with Gasteiger partial charge in [0.15, 0.2) is 0 Å². The van der Waals surface area contributed by atoms with Crippen LogP contribution < -0.4 is 16.0 Å². The molecule has 0 unspecified atom stereocenters. The van der Waals surface area contributed by atoms with E-state index in [1.54, 1.807) is 20.8 Å². The molecule has 41 heavy (non-hydrogen) atoms. The third kappa shape index (κ3) is 5.61. The summed E-state index contributed by atoms with van der Waals surface area (Å²) >= 11 is 0. The number of urea groups is 1. The Balaban J connectivity index is 1.30. The molecule has 6 atom stereocenters. The van der Waals surface area contributed by atoms with E-state index in [9.17, 15) is 33.2 Å². The fourth-order valence-corrected chi connectivity index (χ4v) is 7.32. The zero-order chi connectivity index (χ0) is 30.1. The van der Waals surface area contributed by atoms with Crippen LogP contribution in [-0.2, 0) is 14.4 Å². The van der Waals surface area contributed by atoms with Crippen molar-refractivity contribution in [3.8, 4) is 6.07 Å². The Kier molecular flexibility index (Phi) is 7.06. The van der Waals surface area contributed by atoms with Gasteiger partial charge in [-0.15, -0.1) is 0 Å². The maximum atomic E-state index is 14.0. The summed E-state index contributed by atoms with van der Waals surface area (Å²) in [5, 5.41) is 18.4. The maximum Gasteiger partial charge on any atom is 0.318 e. The monoisotopic (exact) mass is 576 g/mol. The molecule has 3 saturated heterocycles. The molecule has 0 aromatic heterocycles. The fraction of sp³-hybridized carbons (Fsp3) is 0.828. The number of carbonyl (C=O) groups excluding carboxylic acids is 4. The number of piperidine rings is 2. The number of halogens is 2. The van der Waals surface area contributed by atoms with E-state index in [0.29, 0.717) is 13.0 Å². The van der Waals surface area contributed by atoms with Gasteiger partial charge in [0.1, 0.15) is 18.1 Å². The third-order valence-electron chi connectivity index (χ3n) is 10.1. The number of rotatable bonds is 6. The van der Waals surface area contributed by atoms with Crippen molar-refractivity contribution >= 4 is 23.8 Å². The average Bonchev–Trinajstić information content (AvgIpc) is 3.59. The first-order chi connectivity index (χ1) is 19.0. The zero-order valence-corrected chi connectivity index (χ0v) is 24.6. The van der Waals surface area contributed by atoms with Crippen molar-refractivity contribution in [1.82, 2.24) is 25.8 Å². The molecule has 5 rings (SSSR count). The van der Waals surface area contributed by atoms with Crippen LogP contribution >= 0.6 is 0 Å². The molecule has 0 aromatic carbocycles. The molecule has 1 spiro atoms. The number of nitrogens with one attached hydrogen (secondary N) is 3. The SMILES string of the molecule is CC(C)(C)[C@H](NC(=O)N1CCCC(F)(F)C1)C(=O)N1C[C@H]2[C@@H]([C@H]1C(=O)N[C@H](C#N)C[C@@H]1CC3(CC3)NC1=O)C2(C)C. The van der Waals surface area contributed by atoms with Gasteiger partial charge in [-0.2, -0.15) is 5.26 Å². The van der Waals surface area contributed by atoms with Gasteiger partial charge in [0, 0.05) is 31.0 Å². The highest BCUT2D eigenvalue weighted by molar-refractivity contribution is 5.94. The molecule has 0 radical (unpaired) electrons. The summed E-state index contributed by atoms with van der Waals surface area (Å²) in [6.07, 6.45) is 2.61. The lowest BCUT2D eigenvalue weighted by atomic mass is 9.85. The van der Waals surface area contributed by atoms with E-state index in [-0.39, 0.29) is 60.4 Å². The molecular formula is C29H42F2N6O4. The second kappa shape index (κ2) is 9.80. The van der Waals surface area contributed by atoms with Crippen LogP contribution in [0.2, 0.25) is 0 Å². The zero-order valence-electron chi connectivity index (χ0n) is 24.6. The fourth-order valence-electron chi connectivity index (χ4n) is 7.32. The molecule has 10 nitrogen and oxygen atoms in total. The van der Waals surface area contributed by atoms with Gasteiger partial charge in [-0.3, -0.25) is 14.4 Å². The van der Waals surface area contributed by atoms with Gasteiger partial charge >= 0.3 is 6.03 Å². The van der Waals surface area contributed by atoms with Crippen molar-refractivity contribution in [2.24, 2.45) is 28.6 Å². The Hall–Kier alpha value is -2.97. The first-order valence-corrected chi connectivity index (χ1v) is 14.7. The number of carbonyl (C=O) groups is 4. The van der Waals surface area contributed by atoms with Crippen LogP contribution in [0, 0.1) is 39.9 Å². The molecule has 5 aliphatic rings. The van der Waals surface area contributed by atoms with Crippen molar-refractivity contribution in [3.05, 3.63) is 0 Å². The minimum Gasteiger partial charge on any atom is -0.350 e. The lowest BCUT2D eigenvalue weighted by molar-refractivity contribution is -0.144. The summed E-state index contributed by atoms with van der Waals surface area (Å²) < 4.78 is 28.0. The number of alkyl halides is 2. The number of nitriles is 1. The van der Waals surface area contributed by atoms with Crippen molar-refractivity contribution in [2.75, 3.05) is 19.6 Å². The quantitative estimate of drug-likeness (QED) is 0.447. The van der Waals surface area contributed by atoms with Crippen LogP contribution in [0.5, 0.6) is 0 Å². The van der Waals surface area contributed by atoms with Gasteiger partial charge in [-0.1, -0.05) is 34.6 Å². The van der Waals surface area contributed by atoms with Crippen LogP contribution in [0.25, 0.3) is 0 Å². The number of likely N-dealkylation sites (tertiary alicyclic amines) is 2. The average molecular weight is 577 g/mol. The lowest BCUT2D eigenvalue weighted by Crippen LogP contribution is -2.62. The summed E-state index contributed by atoms with van der Waals surface area (Å²) in [6.45, 7) is 9.23. The van der Waals surface area contributed by atoms with E-state index in [4.69, 9.17) is 0 Å². The van der Waals surface area contributed by atoms with E-state index in [0.717, 1.165) is 17.7 Å². The van der Waals surface area contributed by atoms with Gasteiger partial charge in [0.2, 0.25) is 17.7 Å². The molecular weight excluding hydrogens is 534 g/mol. The van der Waals surface area contributed by atoms with E-state index >= 15 is 0 Å². The predicted octanol–water partition coefficient (Wildman–Crippen LogP) is 2.39. The molecule has 5 amide bonds. The van der Waals surface area contributed by atoms with Gasteiger partial charge in [0.25, 0.3) is 5.92 Å². The van der Waals surface area contributed by atoms with Crippen molar-refractivity contribution in [2.45, 2.75) is 103 Å². The molecule has 0 aromatic rings. The van der Waals surface area contributed by atoms with Gasteiger partial charge in [0.05, 0.1) is 12.6 Å². The van der Waals surface area contributed by atoms with Gasteiger partial charge < -0.3 is 25.8 Å². The van der Waals surface area contributed by atoms with Crippen molar-refractivity contribution < 1.29 is 28.0 Å². The molecule has 0 bridgehead atoms. The smallest absolute Gasteiger partial charge is 0.318 e. The number of nitrogens with zero attached hydrogens (tertiary/aromatic N) is 3. The summed E-state index contributed by atoms with van der Waals surface area (Å²) in [5.41, 5.74) is -1.08. The van der Waals surface area contributed by atoms with E-state index in [1.807, 2.05) is 13.8 Å². The van der Waals surface area contributed by atoms with Crippen LogP contribution in [0.4, 0.5) is 13.6 Å². The minimum absolute atomic E-state index is 0.0789. The van der Waals surface area contributed by atoms with Crippen molar-refractivity contribution in [3.63, 3.8) is 0 Å². The molecule has 226 valence electrons. The van der Waals surface area contributed by atoms with E-state index in [1.165, 1.54) is 4.90 Å². The van der Waals surface area contributed by atoms with E-state index in [2.05, 4.69) is 22.0 Å². The number of fused-ring (bicyclic) bond motifs is 1. The first-order valence-electron chi connectivity index (χ1n) is 14.7. The Morgan fingerprint density at radius 1 is 1.17 bits per heavy atom. The lowest BCUT2D eigenvalue weighted by Gasteiger charge is -2.39. The highest BCUT2D eigenvalue weighted by Gasteiger charge is 2.70. The molecule has 3 N–H and O–H groups in total. The molecule has 2 saturated carbocycles. The van der Waals surface area contributed by atoms with Gasteiger partial charge in [-0.25, -0.2) is 13.6 Å². The maximum absolute atomic E-state index is 14.0. The summed E-state index contributed by atoms with van der Waals surface area (Å²) in [4.78, 5) is 55.8. The Morgan fingerprint density at radius 2 is 1.85 bits per heavy atom. The standard InChI is InChI=1S/C29H42F2N6O4/c1-26(2,3)21(34-25(41)36-10-6-7-29(30,31)15-36)24(40)37-14-18-19(27(18,4)5)20(37)23(39)33-17(13-32)11-16-12-28(8-9-28)35-22(16)38/h16-21H,6-12,14-15H2,1-5H3,(H,33,39)(H,34,41)(H,35,38)/t16-,17+,18+,19+,20+,21-/m1/s1. The Bertz CT molecular complexity index is 1170. The minimum atomic E-state index is -2.97. The Labute approximate surface area is 239 Å². The van der Waals surface area contributed by atoms with Crippen LogP contribution in [0.1, 0.15) is 73.1 Å². The Morgan fingerprint density at radius 3 is 2.41 bits per heavy atom. The molecule has 12 heteroatoms. The topological polar surface area (TPSA) is 135 Å². The summed E-state index contributed by atoms with van der Waals surface area (Å²) in [5.74, 6) is -4.35. The highest BCUT2D eigenvalue weighted by Crippen LogP contribution is 2.65. The largest absolute Gasteiger partial charge is 0.350 e. The first kappa shape index (κ1) is 29.5. The van der Waals surface area contributed by atoms with Crippen LogP contribution in [0.15, 0.2) is 0 Å². The number of hydrogen-bond donors (Lipinski definition) is 3. The molecule has 2 aliphatic carbocycles.